The van der Waals surface area contributed by atoms with Crippen LogP contribution in [0.4, 0.5) is 11.5 Å². The summed E-state index contributed by atoms with van der Waals surface area (Å²) in [4.78, 5) is 8.00. The average Bonchev–Trinajstić information content (AvgIpc) is 3.29. The number of ether oxygens (including phenoxy) is 1. The molecule has 0 saturated heterocycles. The van der Waals surface area contributed by atoms with Crippen LogP contribution >= 0.6 is 11.6 Å². The van der Waals surface area contributed by atoms with Crippen molar-refractivity contribution in [1.29, 1.82) is 5.26 Å². The van der Waals surface area contributed by atoms with E-state index in [1.807, 2.05) is 24.3 Å². The minimum atomic E-state index is -0.314. The van der Waals surface area contributed by atoms with Crippen LogP contribution in [0.3, 0.4) is 0 Å². The Hall–Kier alpha value is -2.32. The molecule has 0 unspecified atom stereocenters. The lowest BCUT2D eigenvalue weighted by molar-refractivity contribution is 0.413. The monoisotopic (exact) mass is 300 g/mol. The molecule has 1 aromatic heterocycles. The molecule has 6 heteroatoms. The maximum atomic E-state index is 9.28. The number of nitriles is 1. The molecule has 1 aliphatic carbocycles. The second-order valence-electron chi connectivity index (χ2n) is 4.96. The highest BCUT2D eigenvalue weighted by Gasteiger charge is 2.44. The molecule has 1 saturated carbocycles. The van der Waals surface area contributed by atoms with Gasteiger partial charge in [-0.3, -0.25) is 0 Å². The van der Waals surface area contributed by atoms with Gasteiger partial charge in [0.15, 0.2) is 11.6 Å². The van der Waals surface area contributed by atoms with Gasteiger partial charge in [-0.1, -0.05) is 12.1 Å². The Morgan fingerprint density at radius 2 is 2.24 bits per heavy atom. The topological polar surface area (TPSA) is 70.8 Å². The number of rotatable bonds is 4. The Labute approximate surface area is 127 Å². The highest BCUT2D eigenvalue weighted by Crippen LogP contribution is 2.48. The molecule has 2 aromatic rings. The largest absolute Gasteiger partial charge is 0.491 e. The maximum Gasteiger partial charge on any atom is 0.224 e. The van der Waals surface area contributed by atoms with Crippen molar-refractivity contribution in [1.82, 2.24) is 9.97 Å². The van der Waals surface area contributed by atoms with Gasteiger partial charge in [-0.25, -0.2) is 4.98 Å². The van der Waals surface area contributed by atoms with Gasteiger partial charge >= 0.3 is 0 Å². The number of nitrogens with one attached hydrogen (secondary N) is 1. The highest BCUT2D eigenvalue weighted by molar-refractivity contribution is 6.28. The normalized spacial score (nSPS) is 15.1. The molecule has 0 atom stereocenters. The van der Waals surface area contributed by atoms with Crippen LogP contribution in [-0.4, -0.2) is 17.1 Å². The Morgan fingerprint density at radius 3 is 2.90 bits per heavy atom. The van der Waals surface area contributed by atoms with Crippen molar-refractivity contribution in [2.24, 2.45) is 0 Å². The molecule has 0 aliphatic heterocycles. The predicted molar refractivity (Wildman–Crippen MR) is 79.8 cm³/mol. The third-order valence-electron chi connectivity index (χ3n) is 3.59. The van der Waals surface area contributed by atoms with Gasteiger partial charge in [-0.05, 0) is 42.1 Å². The first-order chi connectivity index (χ1) is 10.2. The van der Waals surface area contributed by atoms with Crippen molar-refractivity contribution in [3.63, 3.8) is 0 Å². The second kappa shape index (κ2) is 5.23. The summed E-state index contributed by atoms with van der Waals surface area (Å²) in [5.74, 6) is 1.00. The molecule has 21 heavy (non-hydrogen) atoms. The summed E-state index contributed by atoms with van der Waals surface area (Å²) >= 11 is 5.82. The van der Waals surface area contributed by atoms with Crippen molar-refractivity contribution >= 4 is 23.1 Å². The van der Waals surface area contributed by atoms with Gasteiger partial charge in [-0.15, -0.1) is 0 Å². The van der Waals surface area contributed by atoms with Gasteiger partial charge in [-0.2, -0.15) is 10.2 Å². The molecule has 106 valence electrons. The first-order valence-electron chi connectivity index (χ1n) is 6.52. The standard InChI is InChI=1S/C15H13ClN4O/c1-21-12-8-18-14(16)20-13(12)19-11-4-2-3-10(7-11)15(9-17)5-6-15/h2-4,7-8H,5-6H2,1H3,(H,18,19,20). The molecule has 5 nitrogen and oxygen atoms in total. The molecule has 1 aliphatic rings. The molecular weight excluding hydrogens is 288 g/mol. The summed E-state index contributed by atoms with van der Waals surface area (Å²) in [7, 11) is 1.54. The zero-order chi connectivity index (χ0) is 14.9. The number of hydrogen-bond donors (Lipinski definition) is 1. The fourth-order valence-corrected chi connectivity index (χ4v) is 2.34. The summed E-state index contributed by atoms with van der Waals surface area (Å²) in [6.45, 7) is 0. The SMILES string of the molecule is COc1cnc(Cl)nc1Nc1cccc(C2(C#N)CC2)c1. The molecule has 1 N–H and O–H groups in total. The summed E-state index contributed by atoms with van der Waals surface area (Å²) in [5.41, 5.74) is 1.54. The number of aromatic nitrogens is 2. The van der Waals surface area contributed by atoms with E-state index in [2.05, 4.69) is 21.4 Å². The Balaban J connectivity index is 1.91. The quantitative estimate of drug-likeness (QED) is 0.876. The summed E-state index contributed by atoms with van der Waals surface area (Å²) in [6.07, 6.45) is 3.34. The van der Waals surface area contributed by atoms with E-state index in [1.165, 1.54) is 6.20 Å². The molecule has 0 spiro atoms. The smallest absolute Gasteiger partial charge is 0.224 e. The van der Waals surface area contributed by atoms with Gasteiger partial charge in [0.1, 0.15) is 0 Å². The average molecular weight is 301 g/mol. The molecular formula is C15H13ClN4O. The number of halogens is 1. The highest BCUT2D eigenvalue weighted by atomic mass is 35.5. The lowest BCUT2D eigenvalue weighted by Crippen LogP contribution is -2.04. The maximum absolute atomic E-state index is 9.28. The van der Waals surface area contributed by atoms with Crippen LogP contribution in [0.15, 0.2) is 30.5 Å². The molecule has 1 aromatic carbocycles. The number of anilines is 2. The molecule has 1 heterocycles. The Kier molecular flexibility index (Phi) is 3.40. The lowest BCUT2D eigenvalue weighted by atomic mass is 9.97. The predicted octanol–water partition coefficient (Wildman–Crippen LogP) is 3.44. The van der Waals surface area contributed by atoms with Crippen molar-refractivity contribution in [3.05, 3.63) is 41.3 Å². The van der Waals surface area contributed by atoms with Gasteiger partial charge in [0.2, 0.25) is 5.28 Å². The minimum Gasteiger partial charge on any atom is -0.491 e. The van der Waals surface area contributed by atoms with E-state index in [9.17, 15) is 5.26 Å². The van der Waals surface area contributed by atoms with Crippen LogP contribution in [0, 0.1) is 11.3 Å². The third kappa shape index (κ3) is 2.63. The number of nitrogens with zero attached hydrogens (tertiary/aromatic N) is 3. The van der Waals surface area contributed by atoms with Crippen LogP contribution in [0.2, 0.25) is 5.28 Å². The first-order valence-corrected chi connectivity index (χ1v) is 6.90. The van der Waals surface area contributed by atoms with Crippen molar-refractivity contribution < 1.29 is 4.74 Å². The van der Waals surface area contributed by atoms with Gasteiger partial charge < -0.3 is 10.1 Å². The fraction of sp³-hybridized carbons (Fsp3) is 0.267. The zero-order valence-corrected chi connectivity index (χ0v) is 12.2. The van der Waals surface area contributed by atoms with E-state index < -0.39 is 0 Å². The second-order valence-corrected chi connectivity index (χ2v) is 5.29. The van der Waals surface area contributed by atoms with Crippen molar-refractivity contribution in [3.8, 4) is 11.8 Å². The van der Waals surface area contributed by atoms with Crippen LogP contribution in [0.25, 0.3) is 0 Å². The summed E-state index contributed by atoms with van der Waals surface area (Å²) in [6, 6.07) is 10.2. The van der Waals surface area contributed by atoms with E-state index in [1.54, 1.807) is 7.11 Å². The van der Waals surface area contributed by atoms with E-state index >= 15 is 0 Å². The number of methoxy groups -OCH3 is 1. The van der Waals surface area contributed by atoms with Crippen LogP contribution in [0.1, 0.15) is 18.4 Å². The zero-order valence-electron chi connectivity index (χ0n) is 11.4. The van der Waals surface area contributed by atoms with E-state index in [4.69, 9.17) is 16.3 Å². The Bertz CT molecular complexity index is 722. The fourth-order valence-electron chi connectivity index (χ4n) is 2.21. The van der Waals surface area contributed by atoms with Crippen LogP contribution < -0.4 is 10.1 Å². The van der Waals surface area contributed by atoms with Crippen LogP contribution in [-0.2, 0) is 5.41 Å². The van der Waals surface area contributed by atoms with Crippen molar-refractivity contribution in [2.45, 2.75) is 18.3 Å². The molecule has 1 fully saturated rings. The third-order valence-corrected chi connectivity index (χ3v) is 3.77. The van der Waals surface area contributed by atoms with E-state index in [-0.39, 0.29) is 10.7 Å². The first kappa shape index (κ1) is 13.7. The molecule has 0 amide bonds. The van der Waals surface area contributed by atoms with Crippen molar-refractivity contribution in [2.75, 3.05) is 12.4 Å². The Morgan fingerprint density at radius 1 is 1.43 bits per heavy atom. The summed E-state index contributed by atoms with van der Waals surface area (Å²) in [5, 5.41) is 12.6. The van der Waals surface area contributed by atoms with Gasteiger partial charge in [0, 0.05) is 5.69 Å². The summed E-state index contributed by atoms with van der Waals surface area (Å²) < 4.78 is 5.21. The number of benzene rings is 1. The van der Waals surface area contributed by atoms with E-state index in [0.717, 1.165) is 24.1 Å². The minimum absolute atomic E-state index is 0.144. The molecule has 0 radical (unpaired) electrons. The molecule has 0 bridgehead atoms. The number of hydrogen-bond acceptors (Lipinski definition) is 5. The van der Waals surface area contributed by atoms with Crippen LogP contribution in [0.5, 0.6) is 5.75 Å². The van der Waals surface area contributed by atoms with Gasteiger partial charge in [0.25, 0.3) is 0 Å². The lowest BCUT2D eigenvalue weighted by Gasteiger charge is -2.12. The van der Waals surface area contributed by atoms with Gasteiger partial charge in [0.05, 0.1) is 24.8 Å². The molecule has 3 rings (SSSR count). The van der Waals surface area contributed by atoms with E-state index in [0.29, 0.717) is 11.6 Å².